The lowest BCUT2D eigenvalue weighted by molar-refractivity contribution is 0.0600. The van der Waals surface area contributed by atoms with Crippen LogP contribution >= 0.6 is 0 Å². The van der Waals surface area contributed by atoms with Gasteiger partial charge in [-0.25, -0.2) is 9.78 Å². The van der Waals surface area contributed by atoms with Gasteiger partial charge in [0.1, 0.15) is 5.65 Å². The number of methoxy groups -OCH3 is 1. The number of hydrogen-bond acceptors (Lipinski definition) is 4. The number of carbonyl (C=O) groups is 1. The van der Waals surface area contributed by atoms with E-state index in [1.165, 1.54) is 7.11 Å². The number of aromatic nitrogens is 2. The van der Waals surface area contributed by atoms with Gasteiger partial charge in [-0.1, -0.05) is 0 Å². The van der Waals surface area contributed by atoms with E-state index >= 15 is 0 Å². The van der Waals surface area contributed by atoms with Crippen LogP contribution in [-0.2, 0) is 9.47 Å². The lowest BCUT2D eigenvalue weighted by atomic mass is 10.1. The van der Waals surface area contributed by atoms with Gasteiger partial charge in [0.2, 0.25) is 0 Å². The molecule has 1 aliphatic rings. The van der Waals surface area contributed by atoms with Crippen molar-refractivity contribution < 1.29 is 14.3 Å². The molecule has 1 unspecified atom stereocenters. The van der Waals surface area contributed by atoms with E-state index < -0.39 is 0 Å². The summed E-state index contributed by atoms with van der Waals surface area (Å²) in [7, 11) is 1.37. The van der Waals surface area contributed by atoms with Gasteiger partial charge < -0.3 is 13.9 Å². The van der Waals surface area contributed by atoms with E-state index in [1.807, 2.05) is 16.8 Å². The van der Waals surface area contributed by atoms with E-state index in [1.54, 1.807) is 12.1 Å². The van der Waals surface area contributed by atoms with Crippen LogP contribution in [0.4, 0.5) is 0 Å². The zero-order valence-corrected chi connectivity index (χ0v) is 10.1. The van der Waals surface area contributed by atoms with E-state index in [-0.39, 0.29) is 5.97 Å². The predicted octanol–water partition coefficient (Wildman–Crippen LogP) is 1.62. The molecule has 0 aromatic carbocycles. The highest BCUT2D eigenvalue weighted by atomic mass is 16.5. The van der Waals surface area contributed by atoms with Crippen molar-refractivity contribution in [3.63, 3.8) is 0 Å². The van der Waals surface area contributed by atoms with Gasteiger partial charge in [-0.05, 0) is 18.6 Å². The van der Waals surface area contributed by atoms with Crippen molar-refractivity contribution in [2.75, 3.05) is 20.3 Å². The van der Waals surface area contributed by atoms with Crippen LogP contribution in [0.15, 0.2) is 24.5 Å². The molecular weight excluding hydrogens is 232 g/mol. The van der Waals surface area contributed by atoms with Crippen molar-refractivity contribution in [1.82, 2.24) is 9.38 Å². The highest BCUT2D eigenvalue weighted by molar-refractivity contribution is 5.90. The maximum absolute atomic E-state index is 11.4. The van der Waals surface area contributed by atoms with Gasteiger partial charge in [0, 0.05) is 24.9 Å². The average Bonchev–Trinajstić information content (AvgIpc) is 3.04. The highest BCUT2D eigenvalue weighted by Crippen LogP contribution is 2.24. The molecule has 0 aliphatic carbocycles. The summed E-state index contributed by atoms with van der Waals surface area (Å²) in [6.45, 7) is 1.53. The largest absolute Gasteiger partial charge is 0.465 e. The molecule has 18 heavy (non-hydrogen) atoms. The molecule has 0 saturated carbocycles. The first-order valence-electron chi connectivity index (χ1n) is 5.92. The van der Waals surface area contributed by atoms with E-state index in [2.05, 4.69) is 4.98 Å². The number of esters is 1. The monoisotopic (exact) mass is 246 g/mol. The molecule has 3 rings (SSSR count). The molecule has 5 nitrogen and oxygen atoms in total. The van der Waals surface area contributed by atoms with Crippen molar-refractivity contribution in [2.24, 2.45) is 0 Å². The minimum absolute atomic E-state index is 0.341. The van der Waals surface area contributed by atoms with Gasteiger partial charge in [-0.3, -0.25) is 0 Å². The van der Waals surface area contributed by atoms with E-state index in [9.17, 15) is 4.79 Å². The second-order valence-corrected chi connectivity index (χ2v) is 4.40. The molecule has 2 aromatic heterocycles. The van der Waals surface area contributed by atoms with Gasteiger partial charge >= 0.3 is 5.97 Å². The summed E-state index contributed by atoms with van der Waals surface area (Å²) in [5.74, 6) is 0.0257. The Hall–Kier alpha value is -1.88. The van der Waals surface area contributed by atoms with Crippen molar-refractivity contribution in [3.8, 4) is 0 Å². The molecule has 0 N–H and O–H groups in total. The fourth-order valence-corrected chi connectivity index (χ4v) is 2.21. The van der Waals surface area contributed by atoms with E-state index in [4.69, 9.17) is 9.47 Å². The van der Waals surface area contributed by atoms with Gasteiger partial charge in [0.25, 0.3) is 0 Å². The fraction of sp³-hybridized carbons (Fsp3) is 0.385. The van der Waals surface area contributed by atoms with Crippen LogP contribution in [0.2, 0.25) is 0 Å². The number of rotatable bonds is 2. The minimum atomic E-state index is -0.341. The predicted molar refractivity (Wildman–Crippen MR) is 64.7 cm³/mol. The first kappa shape index (κ1) is 11.2. The molecular formula is C13H14N2O3. The molecule has 1 aliphatic heterocycles. The van der Waals surface area contributed by atoms with E-state index in [0.717, 1.165) is 31.0 Å². The molecule has 0 amide bonds. The minimum Gasteiger partial charge on any atom is -0.465 e. The number of pyridine rings is 1. The molecule has 3 heterocycles. The van der Waals surface area contributed by atoms with Crippen molar-refractivity contribution >= 4 is 11.6 Å². The van der Waals surface area contributed by atoms with E-state index in [0.29, 0.717) is 11.5 Å². The SMILES string of the molecule is COC(=O)c1ccn2cc(C3CCOC3)nc2c1. The zero-order valence-electron chi connectivity index (χ0n) is 10.1. The number of fused-ring (bicyclic) bond motifs is 1. The first-order chi connectivity index (χ1) is 8.78. The van der Waals surface area contributed by atoms with Gasteiger partial charge in [0.05, 0.1) is 25.0 Å². The van der Waals surface area contributed by atoms with Crippen LogP contribution in [-0.4, -0.2) is 35.7 Å². The first-order valence-corrected chi connectivity index (χ1v) is 5.92. The molecule has 1 saturated heterocycles. The maximum atomic E-state index is 11.4. The summed E-state index contributed by atoms with van der Waals surface area (Å²) >= 11 is 0. The Kier molecular flexibility index (Phi) is 2.76. The Morgan fingerprint density at radius 3 is 3.22 bits per heavy atom. The molecule has 0 radical (unpaired) electrons. The Morgan fingerprint density at radius 2 is 2.50 bits per heavy atom. The third kappa shape index (κ3) is 1.86. The summed E-state index contributed by atoms with van der Waals surface area (Å²) in [6, 6.07) is 3.47. The van der Waals surface area contributed by atoms with Crippen molar-refractivity contribution in [3.05, 3.63) is 35.8 Å². The van der Waals surface area contributed by atoms with Crippen LogP contribution in [0, 0.1) is 0 Å². The van der Waals surface area contributed by atoms with Crippen LogP contribution < -0.4 is 0 Å². The second kappa shape index (κ2) is 4.42. The number of hydrogen-bond donors (Lipinski definition) is 0. The van der Waals surface area contributed by atoms with Gasteiger partial charge in [-0.2, -0.15) is 0 Å². The van der Waals surface area contributed by atoms with Gasteiger partial charge in [-0.15, -0.1) is 0 Å². The Bertz CT molecular complexity index is 585. The summed E-state index contributed by atoms with van der Waals surface area (Å²) < 4.78 is 12.0. The molecule has 1 fully saturated rings. The van der Waals surface area contributed by atoms with Crippen LogP contribution in [0.25, 0.3) is 5.65 Å². The van der Waals surface area contributed by atoms with Crippen molar-refractivity contribution in [1.29, 1.82) is 0 Å². The van der Waals surface area contributed by atoms with Crippen LogP contribution in [0.3, 0.4) is 0 Å². The quantitative estimate of drug-likeness (QED) is 0.756. The molecule has 1 atom stereocenters. The lowest BCUT2D eigenvalue weighted by Gasteiger charge is -2.00. The number of nitrogens with zero attached hydrogens (tertiary/aromatic N) is 2. The molecule has 0 spiro atoms. The second-order valence-electron chi connectivity index (χ2n) is 4.40. The molecule has 94 valence electrons. The normalized spacial score (nSPS) is 19.3. The summed E-state index contributed by atoms with van der Waals surface area (Å²) in [4.78, 5) is 16.0. The van der Waals surface area contributed by atoms with Crippen LogP contribution in [0.1, 0.15) is 28.4 Å². The lowest BCUT2D eigenvalue weighted by Crippen LogP contribution is -2.01. The smallest absolute Gasteiger partial charge is 0.338 e. The fourth-order valence-electron chi connectivity index (χ4n) is 2.21. The van der Waals surface area contributed by atoms with Gasteiger partial charge in [0.15, 0.2) is 0 Å². The summed E-state index contributed by atoms with van der Waals surface area (Å²) in [6.07, 6.45) is 4.83. The highest BCUT2D eigenvalue weighted by Gasteiger charge is 2.20. The summed E-state index contributed by atoms with van der Waals surface area (Å²) in [5, 5.41) is 0. The standard InChI is InChI=1S/C13H14N2O3/c1-17-13(16)9-2-4-15-7-11(14-12(15)6-9)10-3-5-18-8-10/h2,4,6-7,10H,3,5,8H2,1H3. The third-order valence-electron chi connectivity index (χ3n) is 3.25. The Morgan fingerprint density at radius 1 is 1.61 bits per heavy atom. The molecule has 0 bridgehead atoms. The number of ether oxygens (including phenoxy) is 2. The van der Waals surface area contributed by atoms with Crippen LogP contribution in [0.5, 0.6) is 0 Å². The third-order valence-corrected chi connectivity index (χ3v) is 3.25. The zero-order chi connectivity index (χ0) is 12.5. The number of imidazole rings is 1. The molecule has 5 heteroatoms. The topological polar surface area (TPSA) is 52.8 Å². The average molecular weight is 246 g/mol. The molecule has 2 aromatic rings. The summed E-state index contributed by atoms with van der Waals surface area (Å²) in [5.41, 5.74) is 2.30. The Labute approximate surface area is 104 Å². The Balaban J connectivity index is 1.98. The number of carbonyl (C=O) groups excluding carboxylic acids is 1. The maximum Gasteiger partial charge on any atom is 0.338 e. The van der Waals surface area contributed by atoms with Crippen molar-refractivity contribution in [2.45, 2.75) is 12.3 Å².